The van der Waals surface area contributed by atoms with Gasteiger partial charge in [0.25, 0.3) is 10.2 Å². The van der Waals surface area contributed by atoms with Crippen molar-refractivity contribution in [2.75, 3.05) is 13.2 Å². The van der Waals surface area contributed by atoms with Crippen molar-refractivity contribution >= 4 is 6.16 Å². The van der Waals surface area contributed by atoms with Crippen LogP contribution in [-0.4, -0.2) is 41.8 Å². The minimum absolute atomic E-state index is 0.0724. The molecule has 0 saturated heterocycles. The topological polar surface area (TPSA) is 140 Å². The summed E-state index contributed by atoms with van der Waals surface area (Å²) in [6.45, 7) is 7.31. The van der Waals surface area contributed by atoms with E-state index in [9.17, 15) is 25.0 Å². The number of ether oxygens (including phenoxy) is 2. The van der Waals surface area contributed by atoms with Gasteiger partial charge < -0.3 is 19.1 Å². The first kappa shape index (κ1) is 22.7. The van der Waals surface area contributed by atoms with Gasteiger partial charge in [-0.2, -0.15) is 0 Å². The van der Waals surface area contributed by atoms with Crippen LogP contribution in [0.2, 0.25) is 0 Å². The summed E-state index contributed by atoms with van der Waals surface area (Å²) in [4.78, 5) is 40.4. The third kappa shape index (κ3) is 11.8. The van der Waals surface area contributed by atoms with E-state index in [0.717, 1.165) is 0 Å². The van der Waals surface area contributed by atoms with Gasteiger partial charge in [-0.15, -0.1) is 20.2 Å². The number of rotatable bonds is 13. The number of hydrogen-bond donors (Lipinski definition) is 0. The Balaban J connectivity index is 4.05. The smallest absolute Gasteiger partial charge is 0.434 e. The molecule has 1 atom stereocenters. The maximum Gasteiger partial charge on any atom is 0.508 e. The van der Waals surface area contributed by atoms with Gasteiger partial charge in [-0.05, 0) is 31.1 Å². The van der Waals surface area contributed by atoms with Crippen LogP contribution in [0.4, 0.5) is 4.79 Å². The van der Waals surface area contributed by atoms with Crippen LogP contribution in [0.5, 0.6) is 0 Å². The lowest BCUT2D eigenvalue weighted by atomic mass is 9.96. The van der Waals surface area contributed by atoms with Crippen LogP contribution in [0, 0.1) is 32.1 Å². The Bertz CT molecular complexity index is 421. The van der Waals surface area contributed by atoms with Crippen molar-refractivity contribution in [2.24, 2.45) is 11.8 Å². The van der Waals surface area contributed by atoms with Crippen LogP contribution < -0.4 is 0 Å². The van der Waals surface area contributed by atoms with Crippen molar-refractivity contribution < 1.29 is 34.1 Å². The molecule has 0 rings (SSSR count). The van der Waals surface area contributed by atoms with Crippen LogP contribution in [0.1, 0.15) is 47.0 Å². The Morgan fingerprint density at radius 3 is 2.08 bits per heavy atom. The Morgan fingerprint density at radius 2 is 1.60 bits per heavy atom. The summed E-state index contributed by atoms with van der Waals surface area (Å²) in [5, 5.41) is 18.4. The predicted octanol–water partition coefficient (Wildman–Crippen LogP) is 2.78. The molecule has 0 amide bonds. The zero-order valence-corrected chi connectivity index (χ0v) is 14.9. The van der Waals surface area contributed by atoms with E-state index in [1.54, 1.807) is 0 Å². The summed E-state index contributed by atoms with van der Waals surface area (Å²) in [5.74, 6) is 0.323. The van der Waals surface area contributed by atoms with Gasteiger partial charge >= 0.3 is 6.16 Å². The zero-order chi connectivity index (χ0) is 19.4. The van der Waals surface area contributed by atoms with Crippen LogP contribution in [0.3, 0.4) is 0 Å². The molecule has 0 aliphatic rings. The molecular formula is C14H26N2O9. The Hall–Kier alpha value is -2.33. The van der Waals surface area contributed by atoms with E-state index in [-0.39, 0.29) is 31.0 Å². The van der Waals surface area contributed by atoms with Gasteiger partial charge in [-0.3, -0.25) is 0 Å². The number of nitrogens with zero attached hydrogens (tertiary/aromatic N) is 2. The average Bonchev–Trinajstić information content (AvgIpc) is 2.48. The lowest BCUT2D eigenvalue weighted by Gasteiger charge is -2.24. The number of unbranched alkanes of at least 4 members (excludes halogenated alkanes) is 1. The summed E-state index contributed by atoms with van der Waals surface area (Å²) >= 11 is 0. The molecule has 0 fully saturated rings. The Labute approximate surface area is 145 Å². The lowest BCUT2D eigenvalue weighted by Crippen LogP contribution is -2.29. The minimum Gasteiger partial charge on any atom is -0.434 e. The maximum atomic E-state index is 11.6. The molecule has 0 aliphatic carbocycles. The van der Waals surface area contributed by atoms with Gasteiger partial charge in [0.15, 0.2) is 0 Å². The molecule has 0 saturated carbocycles. The molecule has 11 heteroatoms. The third-order valence-electron chi connectivity index (χ3n) is 3.29. The van der Waals surface area contributed by atoms with Gasteiger partial charge in [0.2, 0.25) is 0 Å². The van der Waals surface area contributed by atoms with E-state index in [2.05, 4.69) is 9.68 Å². The molecule has 0 heterocycles. The molecule has 0 spiro atoms. The SMILES string of the molecule is CC(C)C(OC(=O)OCCCC[C@@H](CO[N+](=O)[O-])O[N+](=O)[O-])C(C)C. The normalized spacial score (nSPS) is 12.1. The van der Waals surface area contributed by atoms with Gasteiger partial charge in [0, 0.05) is 0 Å². The third-order valence-corrected chi connectivity index (χ3v) is 3.29. The van der Waals surface area contributed by atoms with E-state index in [1.165, 1.54) is 0 Å². The quantitative estimate of drug-likeness (QED) is 0.208. The van der Waals surface area contributed by atoms with Crippen molar-refractivity contribution in [3.8, 4) is 0 Å². The molecule has 0 unspecified atom stereocenters. The first-order valence-electron chi connectivity index (χ1n) is 8.05. The summed E-state index contributed by atoms with van der Waals surface area (Å²) in [6, 6.07) is 0. The van der Waals surface area contributed by atoms with Gasteiger partial charge in [0.1, 0.15) is 18.8 Å². The number of carbonyl (C=O) groups is 1. The molecule has 0 aromatic rings. The van der Waals surface area contributed by atoms with Crippen LogP contribution in [0.25, 0.3) is 0 Å². The molecule has 25 heavy (non-hydrogen) atoms. The van der Waals surface area contributed by atoms with Crippen LogP contribution in [-0.2, 0) is 19.1 Å². The Kier molecular flexibility index (Phi) is 11.0. The van der Waals surface area contributed by atoms with Crippen LogP contribution in [0.15, 0.2) is 0 Å². The predicted molar refractivity (Wildman–Crippen MR) is 84.6 cm³/mol. The van der Waals surface area contributed by atoms with E-state index in [4.69, 9.17) is 9.47 Å². The highest BCUT2D eigenvalue weighted by Crippen LogP contribution is 2.17. The molecule has 11 nitrogen and oxygen atoms in total. The monoisotopic (exact) mass is 366 g/mol. The summed E-state index contributed by atoms with van der Waals surface area (Å²) < 4.78 is 10.2. The number of carbonyl (C=O) groups excluding carboxylic acids is 1. The molecule has 0 radical (unpaired) electrons. The van der Waals surface area contributed by atoms with E-state index >= 15 is 0 Å². The second-order valence-electron chi connectivity index (χ2n) is 6.14. The first-order valence-corrected chi connectivity index (χ1v) is 8.05. The van der Waals surface area contributed by atoms with Crippen molar-refractivity contribution in [2.45, 2.75) is 59.2 Å². The molecule has 0 N–H and O–H groups in total. The molecule has 0 aromatic carbocycles. The highest BCUT2D eigenvalue weighted by atomic mass is 17.0. The van der Waals surface area contributed by atoms with Crippen molar-refractivity contribution in [3.05, 3.63) is 20.2 Å². The Morgan fingerprint density at radius 1 is 1.00 bits per heavy atom. The highest BCUT2D eigenvalue weighted by molar-refractivity contribution is 5.60. The largest absolute Gasteiger partial charge is 0.508 e. The second-order valence-corrected chi connectivity index (χ2v) is 6.14. The lowest BCUT2D eigenvalue weighted by molar-refractivity contribution is -0.790. The standard InChI is InChI=1S/C14H26N2O9/c1-10(2)13(11(3)4)24-14(17)22-8-6-5-7-12(25-16(20)21)9-23-15(18)19/h10-13H,5-9H2,1-4H3/t12-/m0/s1. The fraction of sp³-hybridized carbons (Fsp3) is 0.929. The zero-order valence-electron chi connectivity index (χ0n) is 14.9. The molecule has 0 aliphatic heterocycles. The fourth-order valence-corrected chi connectivity index (χ4v) is 2.25. The first-order chi connectivity index (χ1) is 11.6. The van der Waals surface area contributed by atoms with Crippen molar-refractivity contribution in [1.82, 2.24) is 0 Å². The van der Waals surface area contributed by atoms with Gasteiger partial charge in [-0.1, -0.05) is 27.7 Å². The highest BCUT2D eigenvalue weighted by Gasteiger charge is 2.22. The molecule has 146 valence electrons. The summed E-state index contributed by atoms with van der Waals surface area (Å²) in [5.41, 5.74) is 0. The number of hydrogen-bond acceptors (Lipinski definition) is 9. The van der Waals surface area contributed by atoms with E-state index in [0.29, 0.717) is 12.8 Å². The minimum atomic E-state index is -1.06. The maximum absolute atomic E-state index is 11.6. The average molecular weight is 366 g/mol. The van der Waals surface area contributed by atoms with E-state index in [1.807, 2.05) is 27.7 Å². The van der Waals surface area contributed by atoms with Crippen molar-refractivity contribution in [1.29, 1.82) is 0 Å². The van der Waals surface area contributed by atoms with Gasteiger partial charge in [0.05, 0.1) is 6.61 Å². The van der Waals surface area contributed by atoms with Gasteiger partial charge in [-0.25, -0.2) is 4.79 Å². The van der Waals surface area contributed by atoms with Crippen LogP contribution >= 0.6 is 0 Å². The molecule has 0 bridgehead atoms. The van der Waals surface area contributed by atoms with Crippen molar-refractivity contribution in [3.63, 3.8) is 0 Å². The fourth-order valence-electron chi connectivity index (χ4n) is 2.25. The molecular weight excluding hydrogens is 340 g/mol. The second kappa shape index (κ2) is 12.1. The van der Waals surface area contributed by atoms with E-state index < -0.39 is 29.0 Å². The molecule has 0 aromatic heterocycles. The summed E-state index contributed by atoms with van der Waals surface area (Å²) in [7, 11) is 0. The summed E-state index contributed by atoms with van der Waals surface area (Å²) in [6.07, 6.45) is -1.12.